The number of fused-ring (bicyclic) bond motifs is 1. The number of alkyl halides is 3. The van der Waals surface area contributed by atoms with E-state index in [0.29, 0.717) is 18.8 Å². The van der Waals surface area contributed by atoms with Crippen LogP contribution in [-0.2, 0) is 15.8 Å². The number of carbonyl (C=O) groups excluding carboxylic acids is 3. The van der Waals surface area contributed by atoms with Crippen LogP contribution in [0.25, 0.3) is 0 Å². The Labute approximate surface area is 177 Å². The van der Waals surface area contributed by atoms with E-state index < -0.39 is 35.2 Å². The van der Waals surface area contributed by atoms with E-state index in [1.807, 2.05) is 6.92 Å². The second-order valence-electron chi connectivity index (χ2n) is 8.16. The number of halogens is 3. The Kier molecular flexibility index (Phi) is 5.33. The molecular formula is C23H21F3N2O3. The van der Waals surface area contributed by atoms with Gasteiger partial charge in [-0.25, -0.2) is 4.90 Å². The topological polar surface area (TPSA) is 66.5 Å². The van der Waals surface area contributed by atoms with Gasteiger partial charge < -0.3 is 5.32 Å². The van der Waals surface area contributed by atoms with Gasteiger partial charge in [0.05, 0.1) is 34.3 Å². The predicted octanol–water partition coefficient (Wildman–Crippen LogP) is 4.88. The van der Waals surface area contributed by atoms with Crippen LogP contribution in [0.1, 0.15) is 42.1 Å². The Balaban J connectivity index is 1.67. The van der Waals surface area contributed by atoms with Crippen LogP contribution in [0.4, 0.5) is 24.5 Å². The molecule has 2 aliphatic rings. The fraction of sp³-hybridized carbons (Fsp3) is 0.348. The zero-order valence-corrected chi connectivity index (χ0v) is 16.8. The molecule has 31 heavy (non-hydrogen) atoms. The zero-order chi connectivity index (χ0) is 22.3. The van der Waals surface area contributed by atoms with Crippen molar-refractivity contribution in [2.75, 3.05) is 10.2 Å². The van der Waals surface area contributed by atoms with Gasteiger partial charge in [-0.3, -0.25) is 14.4 Å². The van der Waals surface area contributed by atoms with E-state index in [2.05, 4.69) is 5.32 Å². The summed E-state index contributed by atoms with van der Waals surface area (Å²) in [7, 11) is 0. The molecule has 1 N–H and O–H groups in total. The van der Waals surface area contributed by atoms with Crippen molar-refractivity contribution in [2.24, 2.45) is 17.8 Å². The first kappa shape index (κ1) is 21.1. The van der Waals surface area contributed by atoms with Crippen LogP contribution in [0.3, 0.4) is 0 Å². The molecule has 1 heterocycles. The molecule has 0 aromatic heterocycles. The number of amides is 3. The highest BCUT2D eigenvalue weighted by molar-refractivity contribution is 6.24. The van der Waals surface area contributed by atoms with Crippen molar-refractivity contribution < 1.29 is 27.6 Å². The fourth-order valence-electron chi connectivity index (χ4n) is 4.52. The van der Waals surface area contributed by atoms with E-state index >= 15 is 0 Å². The van der Waals surface area contributed by atoms with Gasteiger partial charge in [-0.1, -0.05) is 31.2 Å². The minimum Gasteiger partial charge on any atom is -0.321 e. The first-order valence-electron chi connectivity index (χ1n) is 10.1. The molecule has 0 spiro atoms. The van der Waals surface area contributed by atoms with Crippen molar-refractivity contribution >= 4 is 29.1 Å². The molecule has 4 rings (SSSR count). The molecule has 0 radical (unpaired) electrons. The molecule has 1 saturated heterocycles. The van der Waals surface area contributed by atoms with Gasteiger partial charge in [0, 0.05) is 0 Å². The molecule has 1 aliphatic heterocycles. The lowest BCUT2D eigenvalue weighted by molar-refractivity contribution is -0.137. The standard InChI is InChI=1S/C23H21F3N2O3/c1-13-10-11-14-16(12-13)22(31)28(21(14)30)19-9-5-2-6-15(19)20(29)27-18-8-4-3-7-17(18)23(24,25)26/h2-9,13-14,16H,10-12H2,1H3,(H,27,29)/t13-,14+,16+/m1/s1. The summed E-state index contributed by atoms with van der Waals surface area (Å²) in [4.78, 5) is 40.0. The monoisotopic (exact) mass is 430 g/mol. The maximum Gasteiger partial charge on any atom is 0.418 e. The normalized spacial score (nSPS) is 23.6. The lowest BCUT2D eigenvalue weighted by atomic mass is 9.76. The van der Waals surface area contributed by atoms with E-state index in [1.165, 1.54) is 30.3 Å². The smallest absolute Gasteiger partial charge is 0.321 e. The van der Waals surface area contributed by atoms with E-state index in [4.69, 9.17) is 0 Å². The first-order chi connectivity index (χ1) is 14.7. The number of carbonyl (C=O) groups is 3. The molecule has 2 aromatic rings. The van der Waals surface area contributed by atoms with E-state index in [0.717, 1.165) is 23.5 Å². The summed E-state index contributed by atoms with van der Waals surface area (Å²) in [5.74, 6) is -2.02. The van der Waals surface area contributed by atoms with Gasteiger partial charge >= 0.3 is 6.18 Å². The van der Waals surface area contributed by atoms with Gasteiger partial charge in [-0.2, -0.15) is 13.2 Å². The van der Waals surface area contributed by atoms with Crippen molar-refractivity contribution in [3.63, 3.8) is 0 Å². The van der Waals surface area contributed by atoms with Crippen molar-refractivity contribution in [3.8, 4) is 0 Å². The first-order valence-corrected chi connectivity index (χ1v) is 10.1. The molecule has 1 aliphatic carbocycles. The van der Waals surface area contributed by atoms with Crippen LogP contribution >= 0.6 is 0 Å². The summed E-state index contributed by atoms with van der Waals surface area (Å²) < 4.78 is 39.8. The summed E-state index contributed by atoms with van der Waals surface area (Å²) in [5.41, 5.74) is -1.31. The number of hydrogen-bond donors (Lipinski definition) is 1. The summed E-state index contributed by atoms with van der Waals surface area (Å²) in [6.07, 6.45) is -2.57. The number of benzene rings is 2. The van der Waals surface area contributed by atoms with Crippen LogP contribution in [0, 0.1) is 17.8 Å². The summed E-state index contributed by atoms with van der Waals surface area (Å²) in [6.45, 7) is 2.04. The average Bonchev–Trinajstić information content (AvgIpc) is 2.97. The molecule has 2 fully saturated rings. The maximum atomic E-state index is 13.3. The van der Waals surface area contributed by atoms with E-state index in [9.17, 15) is 27.6 Å². The fourth-order valence-corrected chi connectivity index (χ4v) is 4.52. The largest absolute Gasteiger partial charge is 0.418 e. The van der Waals surface area contributed by atoms with E-state index in [-0.39, 0.29) is 23.1 Å². The highest BCUT2D eigenvalue weighted by Crippen LogP contribution is 2.43. The highest BCUT2D eigenvalue weighted by atomic mass is 19.4. The van der Waals surface area contributed by atoms with Gasteiger partial charge in [0.1, 0.15) is 0 Å². The molecule has 0 bridgehead atoms. The number of nitrogens with one attached hydrogen (secondary N) is 1. The van der Waals surface area contributed by atoms with Crippen molar-refractivity contribution in [3.05, 3.63) is 59.7 Å². The third-order valence-corrected chi connectivity index (χ3v) is 6.06. The van der Waals surface area contributed by atoms with Crippen LogP contribution < -0.4 is 10.2 Å². The maximum absolute atomic E-state index is 13.3. The Hall–Kier alpha value is -3.16. The van der Waals surface area contributed by atoms with Gasteiger partial charge in [-0.15, -0.1) is 0 Å². The number of nitrogens with zero attached hydrogens (tertiary/aromatic N) is 1. The SMILES string of the molecule is C[C@@H]1CC[C@@H]2C(=O)N(c3ccccc3C(=O)Nc3ccccc3C(F)(F)F)C(=O)[C@H]2C1. The predicted molar refractivity (Wildman–Crippen MR) is 108 cm³/mol. The van der Waals surface area contributed by atoms with Crippen LogP contribution in [0.2, 0.25) is 0 Å². The summed E-state index contributed by atoms with van der Waals surface area (Å²) in [5, 5.41) is 2.29. The molecule has 162 valence electrons. The minimum atomic E-state index is -4.64. The Morgan fingerprint density at radius 1 is 0.968 bits per heavy atom. The number of hydrogen-bond acceptors (Lipinski definition) is 3. The van der Waals surface area contributed by atoms with Gasteiger partial charge in [-0.05, 0) is 49.4 Å². The van der Waals surface area contributed by atoms with Crippen LogP contribution in [0.15, 0.2) is 48.5 Å². The zero-order valence-electron chi connectivity index (χ0n) is 16.8. The number of imide groups is 1. The molecular weight excluding hydrogens is 409 g/mol. The number of rotatable bonds is 3. The molecule has 0 unspecified atom stereocenters. The number of anilines is 2. The quantitative estimate of drug-likeness (QED) is 0.706. The number of para-hydroxylation sites is 2. The van der Waals surface area contributed by atoms with Gasteiger partial charge in [0.25, 0.3) is 5.91 Å². The molecule has 3 atom stereocenters. The molecule has 1 saturated carbocycles. The van der Waals surface area contributed by atoms with Gasteiger partial charge in [0.2, 0.25) is 11.8 Å². The summed E-state index contributed by atoms with van der Waals surface area (Å²) >= 11 is 0. The Morgan fingerprint density at radius 3 is 2.35 bits per heavy atom. The molecule has 2 aromatic carbocycles. The van der Waals surface area contributed by atoms with Crippen LogP contribution in [-0.4, -0.2) is 17.7 Å². The van der Waals surface area contributed by atoms with Crippen LogP contribution in [0.5, 0.6) is 0 Å². The second kappa shape index (κ2) is 7.83. The molecule has 8 heteroatoms. The third kappa shape index (κ3) is 3.82. The lowest BCUT2D eigenvalue weighted by Gasteiger charge is -2.25. The minimum absolute atomic E-state index is 0.0344. The van der Waals surface area contributed by atoms with Crippen molar-refractivity contribution in [1.29, 1.82) is 0 Å². The summed E-state index contributed by atoms with van der Waals surface area (Å²) in [6, 6.07) is 10.6. The van der Waals surface area contributed by atoms with Crippen molar-refractivity contribution in [1.82, 2.24) is 0 Å². The lowest BCUT2D eigenvalue weighted by Crippen LogP contribution is -2.33. The van der Waals surface area contributed by atoms with E-state index in [1.54, 1.807) is 6.07 Å². The van der Waals surface area contributed by atoms with Crippen molar-refractivity contribution in [2.45, 2.75) is 32.4 Å². The third-order valence-electron chi connectivity index (χ3n) is 6.06. The highest BCUT2D eigenvalue weighted by Gasteiger charge is 2.50. The molecule has 3 amide bonds. The average molecular weight is 430 g/mol. The Morgan fingerprint density at radius 2 is 1.61 bits per heavy atom. The second-order valence-corrected chi connectivity index (χ2v) is 8.16. The molecule has 5 nitrogen and oxygen atoms in total. The van der Waals surface area contributed by atoms with Gasteiger partial charge in [0.15, 0.2) is 0 Å². The Bertz CT molecular complexity index is 1050.